The Morgan fingerprint density at radius 3 is 2.50 bits per heavy atom. The van der Waals surface area contributed by atoms with E-state index in [0.717, 1.165) is 12.1 Å². The molecule has 0 fully saturated rings. The molecule has 6 heteroatoms. The lowest BCUT2D eigenvalue weighted by Crippen LogP contribution is -2.07. The highest BCUT2D eigenvalue weighted by Gasteiger charge is 2.11. The minimum Gasteiger partial charge on any atom is -0.379 e. The van der Waals surface area contributed by atoms with Crippen molar-refractivity contribution in [2.24, 2.45) is 0 Å². The summed E-state index contributed by atoms with van der Waals surface area (Å²) in [6.45, 7) is 1.77. The van der Waals surface area contributed by atoms with Crippen LogP contribution in [0.5, 0.6) is 0 Å². The molecule has 2 aromatic rings. The zero-order valence-corrected chi connectivity index (χ0v) is 12.1. The summed E-state index contributed by atoms with van der Waals surface area (Å²) < 4.78 is 28.1. The molecule has 0 aliphatic heterocycles. The molecular weight excluding hydrogens is 328 g/mol. The van der Waals surface area contributed by atoms with Crippen molar-refractivity contribution in [3.8, 4) is 6.07 Å². The van der Waals surface area contributed by atoms with Crippen molar-refractivity contribution in [1.29, 1.82) is 5.26 Å². The van der Waals surface area contributed by atoms with Gasteiger partial charge in [-0.15, -0.1) is 0 Å². The van der Waals surface area contributed by atoms with Crippen LogP contribution in [-0.4, -0.2) is 4.98 Å². The molecule has 0 saturated heterocycles. The van der Waals surface area contributed by atoms with Gasteiger partial charge in [0, 0.05) is 12.1 Å². The first kappa shape index (κ1) is 14.4. The molecule has 1 aromatic heterocycles. The van der Waals surface area contributed by atoms with Gasteiger partial charge in [-0.05, 0) is 47.1 Å². The lowest BCUT2D eigenvalue weighted by atomic mass is 10.1. The van der Waals surface area contributed by atoms with Crippen LogP contribution in [-0.2, 0) is 6.54 Å². The predicted molar refractivity (Wildman–Crippen MR) is 75.1 cm³/mol. The fourth-order valence-corrected chi connectivity index (χ4v) is 2.14. The molecule has 0 amide bonds. The average molecular weight is 338 g/mol. The molecule has 0 aliphatic rings. The maximum atomic E-state index is 13.7. The summed E-state index contributed by atoms with van der Waals surface area (Å²) in [6.07, 6.45) is 0. The fourth-order valence-electron chi connectivity index (χ4n) is 1.74. The van der Waals surface area contributed by atoms with Gasteiger partial charge in [0.05, 0.1) is 23.0 Å². The highest BCUT2D eigenvalue weighted by molar-refractivity contribution is 9.10. The molecule has 0 spiro atoms. The van der Waals surface area contributed by atoms with Gasteiger partial charge in [0.1, 0.15) is 16.2 Å². The number of nitrogens with one attached hydrogen (secondary N) is 1. The van der Waals surface area contributed by atoms with Gasteiger partial charge in [0.25, 0.3) is 0 Å². The molecule has 1 aromatic carbocycles. The molecular formula is C14H10BrF2N3. The lowest BCUT2D eigenvalue weighted by Gasteiger charge is -2.11. The van der Waals surface area contributed by atoms with Crippen LogP contribution >= 0.6 is 15.9 Å². The molecule has 0 bridgehead atoms. The molecule has 0 radical (unpaired) electrons. The van der Waals surface area contributed by atoms with Crippen molar-refractivity contribution < 1.29 is 8.78 Å². The third kappa shape index (κ3) is 3.11. The number of nitriles is 1. The van der Waals surface area contributed by atoms with Gasteiger partial charge < -0.3 is 5.32 Å². The SMILES string of the molecule is Cc1nc(Br)ccc1NCc1c(F)cc(C#N)cc1F. The minimum absolute atomic E-state index is 0.0203. The number of anilines is 1. The summed E-state index contributed by atoms with van der Waals surface area (Å²) in [6, 6.07) is 7.26. The van der Waals surface area contributed by atoms with Crippen LogP contribution in [0.2, 0.25) is 0 Å². The second-order valence-corrected chi connectivity index (χ2v) is 4.96. The van der Waals surface area contributed by atoms with E-state index in [9.17, 15) is 8.78 Å². The molecule has 102 valence electrons. The van der Waals surface area contributed by atoms with Gasteiger partial charge in [-0.25, -0.2) is 13.8 Å². The van der Waals surface area contributed by atoms with Crippen molar-refractivity contribution in [3.05, 3.63) is 57.3 Å². The Morgan fingerprint density at radius 1 is 1.30 bits per heavy atom. The number of halogens is 3. The number of benzene rings is 1. The predicted octanol–water partition coefficient (Wildman–Crippen LogP) is 3.91. The summed E-state index contributed by atoms with van der Waals surface area (Å²) in [4.78, 5) is 4.18. The third-order valence-corrected chi connectivity index (χ3v) is 3.22. The van der Waals surface area contributed by atoms with Crippen LogP contribution in [0.1, 0.15) is 16.8 Å². The van der Waals surface area contributed by atoms with E-state index in [2.05, 4.69) is 26.2 Å². The van der Waals surface area contributed by atoms with Crippen molar-refractivity contribution in [1.82, 2.24) is 4.98 Å². The van der Waals surface area contributed by atoms with Crippen LogP contribution in [0, 0.1) is 29.9 Å². The quantitative estimate of drug-likeness (QED) is 0.863. The standard InChI is InChI=1S/C14H10BrF2N3/c1-8-13(2-3-14(15)20-8)19-7-10-11(16)4-9(6-18)5-12(10)17/h2-5,19H,7H2,1H3. The summed E-state index contributed by atoms with van der Waals surface area (Å²) >= 11 is 3.24. The molecule has 0 atom stereocenters. The monoisotopic (exact) mass is 337 g/mol. The third-order valence-electron chi connectivity index (χ3n) is 2.78. The first-order valence-electron chi connectivity index (χ1n) is 5.76. The van der Waals surface area contributed by atoms with E-state index in [-0.39, 0.29) is 17.7 Å². The Morgan fingerprint density at radius 2 is 1.95 bits per heavy atom. The molecule has 2 rings (SSSR count). The molecule has 0 saturated carbocycles. The largest absolute Gasteiger partial charge is 0.379 e. The van der Waals surface area contributed by atoms with E-state index in [1.807, 2.05) is 0 Å². The van der Waals surface area contributed by atoms with Gasteiger partial charge in [0.15, 0.2) is 0 Å². The number of pyridine rings is 1. The van der Waals surface area contributed by atoms with Gasteiger partial charge in [0.2, 0.25) is 0 Å². The van der Waals surface area contributed by atoms with E-state index in [1.165, 1.54) is 0 Å². The van der Waals surface area contributed by atoms with Crippen LogP contribution in [0.3, 0.4) is 0 Å². The maximum Gasteiger partial charge on any atom is 0.132 e. The second kappa shape index (κ2) is 5.97. The smallest absolute Gasteiger partial charge is 0.132 e. The number of hydrogen-bond acceptors (Lipinski definition) is 3. The second-order valence-electron chi connectivity index (χ2n) is 4.15. The van der Waals surface area contributed by atoms with Crippen molar-refractivity contribution >= 4 is 21.6 Å². The van der Waals surface area contributed by atoms with Gasteiger partial charge in [-0.1, -0.05) is 0 Å². The Hall–Kier alpha value is -2.00. The van der Waals surface area contributed by atoms with Crippen molar-refractivity contribution in [2.45, 2.75) is 13.5 Å². The van der Waals surface area contributed by atoms with Crippen molar-refractivity contribution in [2.75, 3.05) is 5.32 Å². The summed E-state index contributed by atoms with van der Waals surface area (Å²) in [5.74, 6) is -1.48. The number of hydrogen-bond donors (Lipinski definition) is 1. The number of aromatic nitrogens is 1. The molecule has 1 heterocycles. The summed E-state index contributed by atoms with van der Waals surface area (Å²) in [5.41, 5.74) is 1.27. The van der Waals surface area contributed by atoms with E-state index >= 15 is 0 Å². The lowest BCUT2D eigenvalue weighted by molar-refractivity contribution is 0.559. The van der Waals surface area contributed by atoms with E-state index in [4.69, 9.17) is 5.26 Å². The van der Waals surface area contributed by atoms with Crippen LogP contribution in [0.25, 0.3) is 0 Å². The Kier molecular flexibility index (Phi) is 4.30. The molecule has 3 nitrogen and oxygen atoms in total. The summed E-state index contributed by atoms with van der Waals surface area (Å²) in [5, 5.41) is 11.6. The van der Waals surface area contributed by atoms with Crippen LogP contribution < -0.4 is 5.32 Å². The number of nitrogens with zero attached hydrogens (tertiary/aromatic N) is 2. The first-order chi connectivity index (χ1) is 9.51. The van der Waals surface area contributed by atoms with Gasteiger partial charge in [-0.3, -0.25) is 0 Å². The number of aryl methyl sites for hydroxylation is 1. The highest BCUT2D eigenvalue weighted by atomic mass is 79.9. The maximum absolute atomic E-state index is 13.7. The summed E-state index contributed by atoms with van der Waals surface area (Å²) in [7, 11) is 0. The molecule has 0 aliphatic carbocycles. The van der Waals surface area contributed by atoms with E-state index < -0.39 is 11.6 Å². The highest BCUT2D eigenvalue weighted by Crippen LogP contribution is 2.20. The number of rotatable bonds is 3. The zero-order chi connectivity index (χ0) is 14.7. The fraction of sp³-hybridized carbons (Fsp3) is 0.143. The minimum atomic E-state index is -0.739. The average Bonchev–Trinajstić information content (AvgIpc) is 2.39. The molecule has 20 heavy (non-hydrogen) atoms. The van der Waals surface area contributed by atoms with Crippen molar-refractivity contribution in [3.63, 3.8) is 0 Å². The molecule has 0 unspecified atom stereocenters. The van der Waals surface area contributed by atoms with E-state index in [0.29, 0.717) is 16.0 Å². The van der Waals surface area contributed by atoms with Crippen LogP contribution in [0.4, 0.5) is 14.5 Å². The Labute approximate surface area is 123 Å². The Bertz CT molecular complexity index is 672. The zero-order valence-electron chi connectivity index (χ0n) is 10.5. The first-order valence-corrected chi connectivity index (χ1v) is 6.55. The van der Waals surface area contributed by atoms with Crippen LogP contribution in [0.15, 0.2) is 28.9 Å². The van der Waals surface area contributed by atoms with Gasteiger partial charge in [-0.2, -0.15) is 5.26 Å². The normalized spacial score (nSPS) is 10.2. The van der Waals surface area contributed by atoms with E-state index in [1.54, 1.807) is 25.1 Å². The Balaban J connectivity index is 2.21. The topological polar surface area (TPSA) is 48.7 Å². The van der Waals surface area contributed by atoms with Gasteiger partial charge >= 0.3 is 0 Å². The molecule has 1 N–H and O–H groups in total.